The van der Waals surface area contributed by atoms with Crippen LogP contribution in [0.1, 0.15) is 55.7 Å². The lowest BCUT2D eigenvalue weighted by Gasteiger charge is -2.38. The first-order valence-electron chi connectivity index (χ1n) is 10.0. The summed E-state index contributed by atoms with van der Waals surface area (Å²) >= 11 is 6.15. The number of likely N-dealkylation sites (tertiary alicyclic amines) is 1. The average molecular weight is 413 g/mol. The fourth-order valence-electron chi connectivity index (χ4n) is 4.03. The molecule has 2 amide bonds. The summed E-state index contributed by atoms with van der Waals surface area (Å²) < 4.78 is 0. The number of hydrogen-bond donors (Lipinski definition) is 2. The van der Waals surface area contributed by atoms with E-state index in [1.54, 1.807) is 11.0 Å². The molecule has 6 nitrogen and oxygen atoms in total. The number of nitrogens with one attached hydrogen (secondary N) is 1. The zero-order chi connectivity index (χ0) is 20.5. The fraction of sp³-hybridized carbons (Fsp3) is 0.409. The minimum atomic E-state index is -0.653. The van der Waals surface area contributed by atoms with Crippen molar-refractivity contribution in [3.8, 4) is 0 Å². The number of halogens is 1. The van der Waals surface area contributed by atoms with Crippen LogP contribution in [0.3, 0.4) is 0 Å². The van der Waals surface area contributed by atoms with Crippen LogP contribution in [0, 0.1) is 5.92 Å². The van der Waals surface area contributed by atoms with Crippen LogP contribution in [0.25, 0.3) is 0 Å². The molecule has 3 N–H and O–H groups in total. The molecule has 0 radical (unpaired) electrons. The van der Waals surface area contributed by atoms with Gasteiger partial charge in [0.2, 0.25) is 0 Å². The van der Waals surface area contributed by atoms with Gasteiger partial charge in [-0.2, -0.15) is 0 Å². The van der Waals surface area contributed by atoms with E-state index in [-0.39, 0.29) is 6.04 Å². The summed E-state index contributed by atoms with van der Waals surface area (Å²) in [5.41, 5.74) is 8.34. The molecule has 2 heterocycles. The largest absolute Gasteiger partial charge is 0.383 e. The second-order valence-corrected chi connectivity index (χ2v) is 8.57. The van der Waals surface area contributed by atoms with Crippen molar-refractivity contribution >= 4 is 34.9 Å². The quantitative estimate of drug-likeness (QED) is 0.741. The van der Waals surface area contributed by atoms with Crippen LogP contribution >= 0.6 is 11.6 Å². The molecular weight excluding hydrogens is 388 g/mol. The molecule has 1 aliphatic carbocycles. The standard InChI is InChI=1S/C22H25ClN4O2/c1-13-5-8-19(15-3-2-4-16(23)9-15)27(12-13)22(29)21(28)26-17-10-18(14-6-7-14)20(24)25-11-17/h2-4,9-11,13-14,19H,5-8,12H2,1H3,(H2,24,25)(H,26,28)/t13-,19+/m0/s1. The molecule has 7 heteroatoms. The molecule has 1 aliphatic heterocycles. The van der Waals surface area contributed by atoms with Gasteiger partial charge in [0.25, 0.3) is 0 Å². The van der Waals surface area contributed by atoms with Gasteiger partial charge in [0.1, 0.15) is 5.82 Å². The Bertz CT molecular complexity index is 944. The van der Waals surface area contributed by atoms with E-state index >= 15 is 0 Å². The van der Waals surface area contributed by atoms with Gasteiger partial charge < -0.3 is 16.0 Å². The molecule has 1 aromatic carbocycles. The number of amides is 2. The van der Waals surface area contributed by atoms with Crippen molar-refractivity contribution in [3.63, 3.8) is 0 Å². The summed E-state index contributed by atoms with van der Waals surface area (Å²) in [7, 11) is 0. The number of hydrogen-bond acceptors (Lipinski definition) is 4. The number of nitrogens with two attached hydrogens (primary N) is 1. The van der Waals surface area contributed by atoms with Gasteiger partial charge in [-0.1, -0.05) is 30.7 Å². The first-order valence-corrected chi connectivity index (χ1v) is 10.4. The van der Waals surface area contributed by atoms with Gasteiger partial charge >= 0.3 is 11.8 Å². The topological polar surface area (TPSA) is 88.3 Å². The van der Waals surface area contributed by atoms with E-state index in [0.717, 1.165) is 36.8 Å². The summed E-state index contributed by atoms with van der Waals surface area (Å²) in [5, 5.41) is 3.34. The van der Waals surface area contributed by atoms with Gasteiger partial charge in [-0.05, 0) is 66.8 Å². The van der Waals surface area contributed by atoms with E-state index in [0.29, 0.717) is 34.9 Å². The highest BCUT2D eigenvalue weighted by Crippen LogP contribution is 2.42. The lowest BCUT2D eigenvalue weighted by molar-refractivity contribution is -0.146. The Morgan fingerprint density at radius 2 is 2.00 bits per heavy atom. The number of carbonyl (C=O) groups is 2. The normalized spacial score (nSPS) is 21.7. The third-order valence-electron chi connectivity index (χ3n) is 5.73. The van der Waals surface area contributed by atoms with Gasteiger partial charge in [-0.15, -0.1) is 0 Å². The predicted molar refractivity (Wildman–Crippen MR) is 114 cm³/mol. The van der Waals surface area contributed by atoms with Gasteiger partial charge in [-0.25, -0.2) is 4.98 Å². The maximum atomic E-state index is 13.1. The predicted octanol–water partition coefficient (Wildman–Crippen LogP) is 4.13. The van der Waals surface area contributed by atoms with Crippen LogP contribution in [0.2, 0.25) is 5.02 Å². The maximum Gasteiger partial charge on any atom is 0.313 e. The molecule has 4 rings (SSSR count). The van der Waals surface area contributed by atoms with E-state index in [1.165, 1.54) is 6.20 Å². The highest BCUT2D eigenvalue weighted by atomic mass is 35.5. The van der Waals surface area contributed by atoms with Gasteiger partial charge in [0.05, 0.1) is 17.9 Å². The van der Waals surface area contributed by atoms with Crippen molar-refractivity contribution in [2.45, 2.75) is 44.6 Å². The summed E-state index contributed by atoms with van der Waals surface area (Å²) in [6.45, 7) is 2.63. The van der Waals surface area contributed by atoms with Gasteiger partial charge in [-0.3, -0.25) is 9.59 Å². The molecule has 29 heavy (non-hydrogen) atoms. The number of rotatable bonds is 3. The molecule has 2 atom stereocenters. The number of benzene rings is 1. The Hall–Kier alpha value is -2.60. The van der Waals surface area contributed by atoms with Gasteiger partial charge in [0, 0.05) is 11.6 Å². The zero-order valence-corrected chi connectivity index (χ0v) is 17.2. The molecule has 2 fully saturated rings. The van der Waals surface area contributed by atoms with E-state index in [1.807, 2.05) is 24.3 Å². The van der Waals surface area contributed by atoms with E-state index in [2.05, 4.69) is 17.2 Å². The van der Waals surface area contributed by atoms with Gasteiger partial charge in [0.15, 0.2) is 0 Å². The molecule has 1 aromatic heterocycles. The second kappa shape index (κ2) is 8.03. The Morgan fingerprint density at radius 3 is 2.72 bits per heavy atom. The third kappa shape index (κ3) is 4.37. The van der Waals surface area contributed by atoms with E-state index in [9.17, 15) is 9.59 Å². The number of nitrogen functional groups attached to an aromatic ring is 1. The lowest BCUT2D eigenvalue weighted by atomic mass is 9.90. The second-order valence-electron chi connectivity index (χ2n) is 8.14. The van der Waals surface area contributed by atoms with E-state index in [4.69, 9.17) is 17.3 Å². The molecule has 0 spiro atoms. The molecule has 152 valence electrons. The smallest absolute Gasteiger partial charge is 0.313 e. The molecule has 0 bridgehead atoms. The maximum absolute atomic E-state index is 13.1. The van der Waals surface area contributed by atoms with Crippen LogP contribution < -0.4 is 11.1 Å². The highest BCUT2D eigenvalue weighted by Gasteiger charge is 2.34. The number of piperidine rings is 1. The number of aromatic nitrogens is 1. The zero-order valence-electron chi connectivity index (χ0n) is 16.4. The van der Waals surface area contributed by atoms with Crippen LogP contribution in [-0.4, -0.2) is 28.2 Å². The molecular formula is C22H25ClN4O2. The number of carbonyl (C=O) groups excluding carboxylic acids is 2. The summed E-state index contributed by atoms with van der Waals surface area (Å²) in [6, 6.07) is 9.18. The van der Waals surface area contributed by atoms with Crippen molar-refractivity contribution in [3.05, 3.63) is 52.7 Å². The number of anilines is 2. The fourth-order valence-corrected chi connectivity index (χ4v) is 4.23. The number of pyridine rings is 1. The number of nitrogens with zero attached hydrogens (tertiary/aromatic N) is 2. The minimum Gasteiger partial charge on any atom is -0.383 e. The molecule has 2 aromatic rings. The highest BCUT2D eigenvalue weighted by molar-refractivity contribution is 6.39. The molecule has 1 saturated heterocycles. The van der Waals surface area contributed by atoms with Crippen LogP contribution in [0.4, 0.5) is 11.5 Å². The monoisotopic (exact) mass is 412 g/mol. The Labute approximate surface area is 175 Å². The van der Waals surface area contributed by atoms with Crippen molar-refractivity contribution in [2.24, 2.45) is 5.92 Å². The van der Waals surface area contributed by atoms with Crippen molar-refractivity contribution < 1.29 is 9.59 Å². The first-order chi connectivity index (χ1) is 13.9. The molecule has 0 unspecified atom stereocenters. The van der Waals surface area contributed by atoms with Crippen LogP contribution in [-0.2, 0) is 9.59 Å². The first kappa shape index (κ1) is 19.7. The summed E-state index contributed by atoms with van der Waals surface area (Å²) in [5.74, 6) is 0.0421. The summed E-state index contributed by atoms with van der Waals surface area (Å²) in [4.78, 5) is 31.6. The Balaban J connectivity index is 1.52. The Kier molecular flexibility index (Phi) is 5.46. The Morgan fingerprint density at radius 1 is 1.21 bits per heavy atom. The lowest BCUT2D eigenvalue weighted by Crippen LogP contribution is -2.46. The third-order valence-corrected chi connectivity index (χ3v) is 5.97. The molecule has 1 saturated carbocycles. The minimum absolute atomic E-state index is 0.158. The van der Waals surface area contributed by atoms with Crippen LogP contribution in [0.15, 0.2) is 36.5 Å². The molecule has 2 aliphatic rings. The van der Waals surface area contributed by atoms with Crippen LogP contribution in [0.5, 0.6) is 0 Å². The van der Waals surface area contributed by atoms with Crippen molar-refractivity contribution in [1.82, 2.24) is 9.88 Å². The van der Waals surface area contributed by atoms with Crippen molar-refractivity contribution in [2.75, 3.05) is 17.6 Å². The summed E-state index contributed by atoms with van der Waals surface area (Å²) in [6.07, 6.45) is 5.45. The SMILES string of the molecule is C[C@H]1CC[C@H](c2cccc(Cl)c2)N(C(=O)C(=O)Nc2cnc(N)c(C3CC3)c2)C1. The average Bonchev–Trinajstić information content (AvgIpc) is 3.54. The van der Waals surface area contributed by atoms with E-state index < -0.39 is 11.8 Å². The van der Waals surface area contributed by atoms with Crippen molar-refractivity contribution in [1.29, 1.82) is 0 Å².